The molecule has 0 aromatic carbocycles. The maximum atomic E-state index is 13.6. The summed E-state index contributed by atoms with van der Waals surface area (Å²) in [6.07, 6.45) is 8.23. The molecule has 1 heterocycles. The minimum Gasteiger partial charge on any atom is -0.358 e. The van der Waals surface area contributed by atoms with Crippen molar-refractivity contribution >= 4 is 15.8 Å². The fourth-order valence-electron chi connectivity index (χ4n) is 1.87. The van der Waals surface area contributed by atoms with Gasteiger partial charge in [-0.1, -0.05) is 0 Å². The molecule has 0 aliphatic heterocycles. The van der Waals surface area contributed by atoms with E-state index in [0.29, 0.717) is 6.61 Å². The lowest BCUT2D eigenvalue weighted by atomic mass is 10.2. The molecule has 20 heavy (non-hydrogen) atoms. The number of carbonyl (C=O) groups is 1. The van der Waals surface area contributed by atoms with Gasteiger partial charge in [0, 0.05) is 5.75 Å². The van der Waals surface area contributed by atoms with E-state index < -0.39 is 21.6 Å². The number of Topliss-reactive ketones (excluding diaryl/α,β-unsaturated/α-hetero) is 1. The number of hydrogen-bond donors (Lipinski definition) is 0. The van der Waals surface area contributed by atoms with Gasteiger partial charge in [-0.2, -0.15) is 5.10 Å². The molecule has 5 nitrogen and oxygen atoms in total. The molecular weight excluding hydrogens is 281 g/mol. The van der Waals surface area contributed by atoms with Crippen molar-refractivity contribution in [3.8, 4) is 0 Å². The molecular formula is C13H22FN3O2S. The van der Waals surface area contributed by atoms with Crippen molar-refractivity contribution < 1.29 is 13.9 Å². The molecule has 0 spiro atoms. The summed E-state index contributed by atoms with van der Waals surface area (Å²) in [7, 11) is -0.597. The lowest BCUT2D eigenvalue weighted by molar-refractivity contribution is 0.0728. The summed E-state index contributed by atoms with van der Waals surface area (Å²) in [5.41, 5.74) is -1.38. The van der Waals surface area contributed by atoms with Crippen LogP contribution in [0.25, 0.3) is 0 Å². The Hall–Kier alpha value is -0.950. The Morgan fingerprint density at radius 1 is 1.60 bits per heavy atom. The zero-order valence-electron chi connectivity index (χ0n) is 12.4. The lowest BCUT2D eigenvalue weighted by Gasteiger charge is -2.24. The van der Waals surface area contributed by atoms with E-state index in [1.165, 1.54) is 17.9 Å². The van der Waals surface area contributed by atoms with Crippen molar-refractivity contribution in [3.63, 3.8) is 0 Å². The Bertz CT molecular complexity index is 496. The largest absolute Gasteiger partial charge is 0.358 e. The van der Waals surface area contributed by atoms with Crippen LogP contribution in [0.5, 0.6) is 0 Å². The highest BCUT2D eigenvalue weighted by molar-refractivity contribution is 8.32. The van der Waals surface area contributed by atoms with Crippen LogP contribution < -0.4 is 0 Å². The molecule has 0 N–H and O–H groups in total. The van der Waals surface area contributed by atoms with Crippen LogP contribution in [0.4, 0.5) is 4.39 Å². The van der Waals surface area contributed by atoms with Gasteiger partial charge in [0.2, 0.25) is 5.78 Å². The third kappa shape index (κ3) is 3.79. The van der Waals surface area contributed by atoms with Crippen LogP contribution in [0.15, 0.2) is 6.33 Å². The second kappa shape index (κ2) is 5.44. The van der Waals surface area contributed by atoms with Crippen molar-refractivity contribution in [1.29, 1.82) is 0 Å². The highest BCUT2D eigenvalue weighted by Crippen LogP contribution is 2.48. The van der Waals surface area contributed by atoms with Crippen LogP contribution in [0.1, 0.15) is 24.0 Å². The predicted octanol–water partition coefficient (Wildman–Crippen LogP) is 1.88. The van der Waals surface area contributed by atoms with Gasteiger partial charge < -0.3 is 4.74 Å². The van der Waals surface area contributed by atoms with E-state index in [9.17, 15) is 9.18 Å². The first kappa shape index (κ1) is 15.4. The summed E-state index contributed by atoms with van der Waals surface area (Å²) in [6, 6.07) is 0. The first-order valence-corrected chi connectivity index (χ1v) is 9.58. The van der Waals surface area contributed by atoms with Crippen molar-refractivity contribution in [2.24, 2.45) is 5.92 Å². The minimum absolute atomic E-state index is 0.187. The van der Waals surface area contributed by atoms with E-state index in [0.717, 1.165) is 5.75 Å². The third-order valence-corrected chi connectivity index (χ3v) is 4.77. The van der Waals surface area contributed by atoms with Gasteiger partial charge in [0.1, 0.15) is 18.7 Å². The fourth-order valence-corrected chi connectivity index (χ4v) is 2.49. The molecule has 0 bridgehead atoms. The second-order valence-corrected chi connectivity index (χ2v) is 10.9. The molecule has 2 unspecified atom stereocenters. The molecule has 0 radical (unpaired) electrons. The fraction of sp³-hybridized carbons (Fsp3) is 0.769. The number of alkyl halides is 1. The zero-order valence-corrected chi connectivity index (χ0v) is 13.2. The summed E-state index contributed by atoms with van der Waals surface area (Å²) in [5, 5.41) is 3.97. The van der Waals surface area contributed by atoms with Crippen LogP contribution in [-0.2, 0) is 11.5 Å². The topological polar surface area (TPSA) is 57.0 Å². The zero-order chi connectivity index (χ0) is 15.0. The average Bonchev–Trinajstić information content (AvgIpc) is 2.75. The Morgan fingerprint density at radius 2 is 2.25 bits per heavy atom. The standard InChI is InChI=1S/C13H22FN3O2S/c1-13(14)7-10(13)11(18)12-15-8-16-17(12)9-19-5-6-20(2,3)4/h8,10H,5-7,9H2,1-4H3. The summed E-state index contributed by atoms with van der Waals surface area (Å²) in [5.74, 6) is 0.331. The van der Waals surface area contributed by atoms with Crippen LogP contribution in [0.3, 0.4) is 0 Å². The molecule has 1 saturated carbocycles. The monoisotopic (exact) mass is 303 g/mol. The lowest BCUT2D eigenvalue weighted by Crippen LogP contribution is -2.18. The Labute approximate surface area is 120 Å². The molecule has 0 amide bonds. The van der Waals surface area contributed by atoms with Crippen LogP contribution >= 0.6 is 10.0 Å². The maximum absolute atomic E-state index is 13.6. The quantitative estimate of drug-likeness (QED) is 0.570. The van der Waals surface area contributed by atoms with Gasteiger partial charge in [0.15, 0.2) is 5.82 Å². The van der Waals surface area contributed by atoms with Gasteiger partial charge in [-0.3, -0.25) is 4.79 Å². The minimum atomic E-state index is -1.38. The number of carbonyl (C=O) groups excluding carboxylic acids is 1. The van der Waals surface area contributed by atoms with E-state index >= 15 is 0 Å². The highest BCUT2D eigenvalue weighted by atomic mass is 32.3. The van der Waals surface area contributed by atoms with E-state index in [2.05, 4.69) is 28.8 Å². The molecule has 0 saturated heterocycles. The Balaban J connectivity index is 1.88. The molecule has 1 aromatic heterocycles. The van der Waals surface area contributed by atoms with Crippen molar-refractivity contribution in [2.75, 3.05) is 31.1 Å². The van der Waals surface area contributed by atoms with Crippen molar-refractivity contribution in [1.82, 2.24) is 14.8 Å². The summed E-state index contributed by atoms with van der Waals surface area (Å²) >= 11 is 0. The van der Waals surface area contributed by atoms with Gasteiger partial charge in [-0.25, -0.2) is 24.1 Å². The summed E-state index contributed by atoms with van der Waals surface area (Å²) in [4.78, 5) is 16.0. The summed E-state index contributed by atoms with van der Waals surface area (Å²) in [6.45, 7) is 2.25. The molecule has 7 heteroatoms. The van der Waals surface area contributed by atoms with Gasteiger partial charge in [0.25, 0.3) is 0 Å². The highest BCUT2D eigenvalue weighted by Gasteiger charge is 2.56. The number of nitrogens with zero attached hydrogens (tertiary/aromatic N) is 3. The van der Waals surface area contributed by atoms with E-state index in [1.54, 1.807) is 0 Å². The Kier molecular flexibility index (Phi) is 4.20. The Morgan fingerprint density at radius 3 is 2.80 bits per heavy atom. The molecule has 1 aliphatic carbocycles. The van der Waals surface area contributed by atoms with Gasteiger partial charge in [-0.05, 0) is 32.1 Å². The summed E-state index contributed by atoms with van der Waals surface area (Å²) < 4.78 is 20.5. The second-order valence-electron chi connectivity index (χ2n) is 6.31. The number of halogens is 1. The van der Waals surface area contributed by atoms with Gasteiger partial charge in [-0.15, -0.1) is 0 Å². The van der Waals surface area contributed by atoms with Gasteiger partial charge in [0.05, 0.1) is 12.5 Å². The normalized spacial score (nSPS) is 26.6. The molecule has 1 aliphatic rings. The smallest absolute Gasteiger partial charge is 0.206 e. The first-order chi connectivity index (χ1) is 9.21. The van der Waals surface area contributed by atoms with Crippen LogP contribution in [-0.4, -0.2) is 57.3 Å². The SMILES string of the molecule is CC1(F)CC1C(=O)c1ncnn1COCCS(C)(C)C. The van der Waals surface area contributed by atoms with Crippen molar-refractivity contribution in [3.05, 3.63) is 12.2 Å². The molecule has 2 atom stereocenters. The first-order valence-electron chi connectivity index (χ1n) is 6.55. The third-order valence-electron chi connectivity index (χ3n) is 3.38. The van der Waals surface area contributed by atoms with E-state index in [-0.39, 0.29) is 24.8 Å². The molecule has 2 rings (SSSR count). The van der Waals surface area contributed by atoms with Crippen LogP contribution in [0.2, 0.25) is 0 Å². The van der Waals surface area contributed by atoms with Crippen LogP contribution in [0, 0.1) is 5.92 Å². The predicted molar refractivity (Wildman–Crippen MR) is 78.2 cm³/mol. The molecule has 114 valence electrons. The number of ether oxygens (including phenoxy) is 1. The number of aromatic nitrogens is 3. The van der Waals surface area contributed by atoms with Crippen molar-refractivity contribution in [2.45, 2.75) is 25.7 Å². The molecule has 1 aromatic rings. The number of ketones is 1. The van der Waals surface area contributed by atoms with E-state index in [4.69, 9.17) is 4.74 Å². The average molecular weight is 303 g/mol. The maximum Gasteiger partial charge on any atom is 0.206 e. The van der Waals surface area contributed by atoms with Gasteiger partial charge >= 0.3 is 0 Å². The number of hydrogen-bond acceptors (Lipinski definition) is 4. The number of rotatable bonds is 7. The van der Waals surface area contributed by atoms with E-state index in [1.807, 2.05) is 0 Å². The molecule has 1 fully saturated rings.